The molecule has 0 saturated heterocycles. The summed E-state index contributed by atoms with van der Waals surface area (Å²) in [5.41, 5.74) is -0.163. The van der Waals surface area contributed by atoms with Gasteiger partial charge in [-0.05, 0) is 35.7 Å². The Morgan fingerprint density at radius 1 is 1.03 bits per heavy atom. The molecule has 1 unspecified atom stereocenters. The highest BCUT2D eigenvalue weighted by atomic mass is 32.2. The van der Waals surface area contributed by atoms with Gasteiger partial charge in [0, 0.05) is 6.54 Å². The molecule has 2 aromatic rings. The molecule has 4 N–H and O–H groups in total. The first kappa shape index (κ1) is 22.4. The number of nitrogens with one attached hydrogen (secondary N) is 2. The summed E-state index contributed by atoms with van der Waals surface area (Å²) in [6, 6.07) is 7.58. The Balaban J connectivity index is 2.07. The minimum Gasteiger partial charge on any atom is -0.350 e. The summed E-state index contributed by atoms with van der Waals surface area (Å²) in [4.78, 5) is 24.7. The first-order chi connectivity index (χ1) is 13.5. The molecule has 0 aliphatic rings. The number of amides is 2. The molecule has 0 aliphatic carbocycles. The van der Waals surface area contributed by atoms with Crippen molar-refractivity contribution in [2.24, 2.45) is 11.1 Å². The molecule has 10 heteroatoms. The van der Waals surface area contributed by atoms with Crippen LogP contribution in [0, 0.1) is 17.6 Å². The lowest BCUT2D eigenvalue weighted by Crippen LogP contribution is -2.49. The first-order valence-electron chi connectivity index (χ1n) is 8.65. The molecular formula is C19H21F2N3O4S. The minimum atomic E-state index is -3.82. The maximum atomic E-state index is 13.8. The number of primary sulfonamides is 1. The number of halogens is 2. The molecular weight excluding hydrogens is 404 g/mol. The SMILES string of the molecule is CC(C)C(NC(=O)c1c(F)cccc1F)C(=O)NCc1ccc(S(N)(=O)=O)cc1. The molecule has 0 bridgehead atoms. The molecule has 2 rings (SSSR count). The van der Waals surface area contributed by atoms with Gasteiger partial charge in [0.2, 0.25) is 15.9 Å². The van der Waals surface area contributed by atoms with E-state index in [-0.39, 0.29) is 17.4 Å². The molecule has 156 valence electrons. The molecule has 0 aliphatic heterocycles. The van der Waals surface area contributed by atoms with Crippen molar-refractivity contribution in [1.29, 1.82) is 0 Å². The number of hydrogen-bond acceptors (Lipinski definition) is 4. The number of rotatable bonds is 7. The third-order valence-electron chi connectivity index (χ3n) is 4.14. The van der Waals surface area contributed by atoms with Crippen molar-refractivity contribution in [2.75, 3.05) is 0 Å². The van der Waals surface area contributed by atoms with Gasteiger partial charge in [0.1, 0.15) is 23.2 Å². The van der Waals surface area contributed by atoms with E-state index >= 15 is 0 Å². The molecule has 0 spiro atoms. The molecule has 29 heavy (non-hydrogen) atoms. The van der Waals surface area contributed by atoms with Gasteiger partial charge in [0.25, 0.3) is 5.91 Å². The third kappa shape index (κ3) is 5.81. The van der Waals surface area contributed by atoms with Gasteiger partial charge in [0.15, 0.2) is 0 Å². The normalized spacial score (nSPS) is 12.5. The lowest BCUT2D eigenvalue weighted by atomic mass is 10.0. The van der Waals surface area contributed by atoms with Crippen LogP contribution in [0.4, 0.5) is 8.78 Å². The summed E-state index contributed by atoms with van der Waals surface area (Å²) in [5.74, 6) is -4.01. The molecule has 0 fully saturated rings. The smallest absolute Gasteiger partial charge is 0.257 e. The number of hydrogen-bond donors (Lipinski definition) is 3. The Kier molecular flexibility index (Phi) is 7.04. The van der Waals surface area contributed by atoms with E-state index in [9.17, 15) is 26.8 Å². The van der Waals surface area contributed by atoms with E-state index in [4.69, 9.17) is 5.14 Å². The summed E-state index contributed by atoms with van der Waals surface area (Å²) >= 11 is 0. The zero-order valence-electron chi connectivity index (χ0n) is 15.8. The summed E-state index contributed by atoms with van der Waals surface area (Å²) in [5, 5.41) is 9.98. The molecule has 0 aromatic heterocycles. The topological polar surface area (TPSA) is 118 Å². The van der Waals surface area contributed by atoms with Crippen molar-refractivity contribution in [3.63, 3.8) is 0 Å². The molecule has 0 saturated carbocycles. The second kappa shape index (κ2) is 9.10. The highest BCUT2D eigenvalue weighted by molar-refractivity contribution is 7.89. The van der Waals surface area contributed by atoms with Crippen LogP contribution in [-0.2, 0) is 21.4 Å². The van der Waals surface area contributed by atoms with Gasteiger partial charge in [-0.25, -0.2) is 22.3 Å². The summed E-state index contributed by atoms with van der Waals surface area (Å²) < 4.78 is 50.1. The molecule has 2 aromatic carbocycles. The highest BCUT2D eigenvalue weighted by Gasteiger charge is 2.27. The van der Waals surface area contributed by atoms with Crippen molar-refractivity contribution in [1.82, 2.24) is 10.6 Å². The minimum absolute atomic E-state index is 0.0525. The number of benzene rings is 2. The second-order valence-corrected chi connectivity index (χ2v) is 8.26. The fourth-order valence-corrected chi connectivity index (χ4v) is 3.07. The predicted molar refractivity (Wildman–Crippen MR) is 102 cm³/mol. The summed E-state index contributed by atoms with van der Waals surface area (Å²) in [7, 11) is -3.82. The quantitative estimate of drug-likeness (QED) is 0.625. The van der Waals surface area contributed by atoms with E-state index < -0.39 is 45.1 Å². The number of sulfonamides is 1. The van der Waals surface area contributed by atoms with E-state index in [1.807, 2.05) is 0 Å². The first-order valence-corrected chi connectivity index (χ1v) is 10.2. The lowest BCUT2D eigenvalue weighted by molar-refractivity contribution is -0.124. The molecule has 7 nitrogen and oxygen atoms in total. The summed E-state index contributed by atoms with van der Waals surface area (Å²) in [6.07, 6.45) is 0. The summed E-state index contributed by atoms with van der Waals surface area (Å²) in [6.45, 7) is 3.39. The van der Waals surface area contributed by atoms with E-state index in [0.29, 0.717) is 5.56 Å². The number of carbonyl (C=O) groups is 2. The molecule has 0 heterocycles. The zero-order valence-corrected chi connectivity index (χ0v) is 16.6. The Morgan fingerprint density at radius 3 is 2.07 bits per heavy atom. The maximum Gasteiger partial charge on any atom is 0.257 e. The van der Waals surface area contributed by atoms with Crippen LogP contribution in [0.1, 0.15) is 29.8 Å². The van der Waals surface area contributed by atoms with Crippen LogP contribution in [0.5, 0.6) is 0 Å². The van der Waals surface area contributed by atoms with Crippen molar-refractivity contribution in [3.8, 4) is 0 Å². The fourth-order valence-electron chi connectivity index (χ4n) is 2.56. The standard InChI is InChI=1S/C19H21F2N3O4S/c1-11(2)17(24-18(25)16-14(20)4-3-5-15(16)21)19(26)23-10-12-6-8-13(9-7-12)29(22,27)28/h3-9,11,17H,10H2,1-2H3,(H,23,26)(H,24,25)(H2,22,27,28). The van der Waals surface area contributed by atoms with Crippen LogP contribution in [0.25, 0.3) is 0 Å². The van der Waals surface area contributed by atoms with Crippen LogP contribution in [-0.4, -0.2) is 26.3 Å². The lowest BCUT2D eigenvalue weighted by Gasteiger charge is -2.22. The van der Waals surface area contributed by atoms with Gasteiger partial charge in [-0.2, -0.15) is 0 Å². The fraction of sp³-hybridized carbons (Fsp3) is 0.263. The van der Waals surface area contributed by atoms with Gasteiger partial charge in [-0.1, -0.05) is 32.0 Å². The maximum absolute atomic E-state index is 13.8. The Labute approximate surface area is 167 Å². The van der Waals surface area contributed by atoms with E-state index in [1.54, 1.807) is 13.8 Å². The Bertz CT molecular complexity index is 988. The predicted octanol–water partition coefficient (Wildman–Crippen LogP) is 1.68. The van der Waals surface area contributed by atoms with Crippen LogP contribution in [0.2, 0.25) is 0 Å². The van der Waals surface area contributed by atoms with Gasteiger partial charge >= 0.3 is 0 Å². The molecule has 1 atom stereocenters. The van der Waals surface area contributed by atoms with Crippen molar-refractivity contribution in [2.45, 2.75) is 31.3 Å². The van der Waals surface area contributed by atoms with Crippen molar-refractivity contribution in [3.05, 3.63) is 65.2 Å². The highest BCUT2D eigenvalue weighted by Crippen LogP contribution is 2.14. The van der Waals surface area contributed by atoms with Crippen LogP contribution in [0.3, 0.4) is 0 Å². The van der Waals surface area contributed by atoms with Gasteiger partial charge in [-0.3, -0.25) is 9.59 Å². The number of carbonyl (C=O) groups excluding carboxylic acids is 2. The van der Waals surface area contributed by atoms with Crippen LogP contribution < -0.4 is 15.8 Å². The van der Waals surface area contributed by atoms with Gasteiger partial charge < -0.3 is 10.6 Å². The van der Waals surface area contributed by atoms with E-state index in [1.165, 1.54) is 24.3 Å². The largest absolute Gasteiger partial charge is 0.350 e. The Morgan fingerprint density at radius 2 is 1.59 bits per heavy atom. The van der Waals surface area contributed by atoms with Crippen LogP contribution in [0.15, 0.2) is 47.4 Å². The second-order valence-electron chi connectivity index (χ2n) is 6.70. The molecule has 2 amide bonds. The monoisotopic (exact) mass is 425 g/mol. The third-order valence-corrected chi connectivity index (χ3v) is 5.07. The average Bonchev–Trinajstić information content (AvgIpc) is 2.63. The van der Waals surface area contributed by atoms with Crippen LogP contribution >= 0.6 is 0 Å². The van der Waals surface area contributed by atoms with Crippen molar-refractivity contribution < 1.29 is 26.8 Å². The van der Waals surface area contributed by atoms with Gasteiger partial charge in [0.05, 0.1) is 4.90 Å². The number of nitrogens with two attached hydrogens (primary N) is 1. The van der Waals surface area contributed by atoms with Gasteiger partial charge in [-0.15, -0.1) is 0 Å². The van der Waals surface area contributed by atoms with E-state index in [0.717, 1.165) is 18.2 Å². The zero-order chi connectivity index (χ0) is 21.8. The molecule has 0 radical (unpaired) electrons. The average molecular weight is 425 g/mol. The van der Waals surface area contributed by atoms with E-state index in [2.05, 4.69) is 10.6 Å². The van der Waals surface area contributed by atoms with Crippen molar-refractivity contribution >= 4 is 21.8 Å². The Hall–Kier alpha value is -2.85.